The number of nitrogens with zero attached hydrogens (tertiary/aromatic N) is 5. The molecule has 1 atom stereocenters. The Balaban J connectivity index is 1.58. The lowest BCUT2D eigenvalue weighted by molar-refractivity contribution is -0.134. The third kappa shape index (κ3) is 5.17. The highest BCUT2D eigenvalue weighted by molar-refractivity contribution is 5.77. The Morgan fingerprint density at radius 1 is 1.30 bits per heavy atom. The lowest BCUT2D eigenvalue weighted by atomic mass is 10.1. The van der Waals surface area contributed by atoms with E-state index in [1.165, 1.54) is 0 Å². The molecule has 33 heavy (non-hydrogen) atoms. The van der Waals surface area contributed by atoms with Crippen LogP contribution in [0.5, 0.6) is 5.88 Å². The van der Waals surface area contributed by atoms with E-state index in [1.807, 2.05) is 30.0 Å². The van der Waals surface area contributed by atoms with Gasteiger partial charge in [-0.2, -0.15) is 5.26 Å². The summed E-state index contributed by atoms with van der Waals surface area (Å²) in [5.41, 5.74) is 3.17. The van der Waals surface area contributed by atoms with Gasteiger partial charge in [-0.3, -0.25) is 4.79 Å². The summed E-state index contributed by atoms with van der Waals surface area (Å²) < 4.78 is 10.3. The molecule has 0 bridgehead atoms. The smallest absolute Gasteiger partial charge is 0.225 e. The molecule has 1 aliphatic heterocycles. The van der Waals surface area contributed by atoms with Gasteiger partial charge in [-0.25, -0.2) is 9.97 Å². The van der Waals surface area contributed by atoms with Crippen molar-refractivity contribution < 1.29 is 14.3 Å². The molecular weight excluding hydrogens is 420 g/mol. The Hall–Kier alpha value is -3.38. The van der Waals surface area contributed by atoms with Crippen molar-refractivity contribution >= 4 is 23.1 Å². The molecule has 1 amide bonds. The Kier molecular flexibility index (Phi) is 6.94. The number of methoxy groups -OCH3 is 2. The molecule has 0 radical (unpaired) electrons. The van der Waals surface area contributed by atoms with Gasteiger partial charge < -0.3 is 24.6 Å². The van der Waals surface area contributed by atoms with Crippen LogP contribution in [-0.4, -0.2) is 67.3 Å². The number of nitrogens with one attached hydrogen (secondary N) is 1. The minimum Gasteiger partial charge on any atom is -0.481 e. The van der Waals surface area contributed by atoms with Crippen LogP contribution in [0, 0.1) is 11.3 Å². The lowest BCUT2D eigenvalue weighted by Crippen LogP contribution is -2.54. The van der Waals surface area contributed by atoms with Crippen LogP contribution >= 0.6 is 0 Å². The first-order valence-corrected chi connectivity index (χ1v) is 11.3. The molecule has 3 heterocycles. The zero-order chi connectivity index (χ0) is 23.4. The van der Waals surface area contributed by atoms with Crippen LogP contribution in [0.4, 0.5) is 17.2 Å². The Labute approximate surface area is 194 Å². The second kappa shape index (κ2) is 10.0. The zero-order valence-electron chi connectivity index (χ0n) is 19.4. The fraction of sp³-hybridized carbons (Fsp3) is 0.500. The van der Waals surface area contributed by atoms with Crippen LogP contribution in [0.1, 0.15) is 43.4 Å². The number of aromatic nitrogens is 2. The minimum absolute atomic E-state index is 0.0305. The van der Waals surface area contributed by atoms with Crippen molar-refractivity contribution in [2.24, 2.45) is 0 Å². The van der Waals surface area contributed by atoms with E-state index < -0.39 is 0 Å². The highest BCUT2D eigenvalue weighted by Gasteiger charge is 2.33. The molecule has 1 aliphatic carbocycles. The molecule has 9 nitrogen and oxygen atoms in total. The van der Waals surface area contributed by atoms with Gasteiger partial charge in [0.05, 0.1) is 37.1 Å². The number of anilines is 3. The Morgan fingerprint density at radius 2 is 2.12 bits per heavy atom. The van der Waals surface area contributed by atoms with Gasteiger partial charge in [-0.05, 0) is 31.9 Å². The third-order valence-corrected chi connectivity index (χ3v) is 6.11. The van der Waals surface area contributed by atoms with Crippen molar-refractivity contribution in [2.45, 2.75) is 38.1 Å². The van der Waals surface area contributed by atoms with Gasteiger partial charge >= 0.3 is 0 Å². The summed E-state index contributed by atoms with van der Waals surface area (Å²) in [6.45, 7) is 4.35. The fourth-order valence-corrected chi connectivity index (χ4v) is 4.22. The second-order valence-corrected chi connectivity index (χ2v) is 8.52. The lowest BCUT2D eigenvalue weighted by Gasteiger charge is -2.41. The van der Waals surface area contributed by atoms with Gasteiger partial charge in [-0.1, -0.05) is 0 Å². The average molecular weight is 451 g/mol. The van der Waals surface area contributed by atoms with Crippen LogP contribution in [0.15, 0.2) is 24.4 Å². The predicted molar refractivity (Wildman–Crippen MR) is 125 cm³/mol. The first-order valence-electron chi connectivity index (χ1n) is 11.3. The van der Waals surface area contributed by atoms with Gasteiger partial charge in [-0.15, -0.1) is 0 Å². The fourth-order valence-electron chi connectivity index (χ4n) is 4.22. The summed E-state index contributed by atoms with van der Waals surface area (Å²) in [6.07, 6.45) is 4.24. The monoisotopic (exact) mass is 450 g/mol. The van der Waals surface area contributed by atoms with Crippen molar-refractivity contribution in [3.05, 3.63) is 35.7 Å². The molecule has 1 N–H and O–H groups in total. The first kappa shape index (κ1) is 22.8. The van der Waals surface area contributed by atoms with E-state index >= 15 is 0 Å². The standard InChI is InChI=1S/C24H30N6O3/c1-16-15-29(9-10-30(16)22(31)7-11-32-2)24-18(14-25)12-20(23(28-24)17-4-5-17)27-19-6-8-26-21(13-19)33-3/h6,8,12-13,16-17H,4-5,7,9-11,15H2,1-3H3,(H,26,27)/t16-/m1/s1. The molecule has 174 valence electrons. The number of pyridine rings is 2. The van der Waals surface area contributed by atoms with E-state index in [4.69, 9.17) is 14.5 Å². The number of hydrogen-bond acceptors (Lipinski definition) is 8. The number of nitriles is 1. The number of ether oxygens (including phenoxy) is 2. The molecule has 0 unspecified atom stereocenters. The van der Waals surface area contributed by atoms with E-state index in [9.17, 15) is 10.1 Å². The quantitative estimate of drug-likeness (QED) is 0.655. The number of piperazine rings is 1. The van der Waals surface area contributed by atoms with Crippen LogP contribution in [-0.2, 0) is 9.53 Å². The second-order valence-electron chi connectivity index (χ2n) is 8.52. The minimum atomic E-state index is 0.0305. The van der Waals surface area contributed by atoms with Gasteiger partial charge in [0.2, 0.25) is 11.8 Å². The molecule has 0 spiro atoms. The van der Waals surface area contributed by atoms with E-state index in [0.717, 1.165) is 29.9 Å². The molecular formula is C24H30N6O3. The van der Waals surface area contributed by atoms with Crippen LogP contribution in [0.3, 0.4) is 0 Å². The van der Waals surface area contributed by atoms with Crippen LogP contribution < -0.4 is 15.0 Å². The molecule has 2 fully saturated rings. The van der Waals surface area contributed by atoms with Crippen molar-refractivity contribution in [2.75, 3.05) is 50.7 Å². The number of carbonyl (C=O) groups is 1. The molecule has 0 aromatic carbocycles. The Bertz CT molecular complexity index is 1050. The maximum atomic E-state index is 12.5. The topological polar surface area (TPSA) is 104 Å². The zero-order valence-corrected chi connectivity index (χ0v) is 19.4. The number of rotatable bonds is 8. The predicted octanol–water partition coefficient (Wildman–Crippen LogP) is 3.05. The summed E-state index contributed by atoms with van der Waals surface area (Å²) in [5.74, 6) is 1.71. The number of carbonyl (C=O) groups excluding carboxylic acids is 1. The van der Waals surface area contributed by atoms with E-state index in [1.54, 1.807) is 20.4 Å². The van der Waals surface area contributed by atoms with Crippen molar-refractivity contribution in [3.63, 3.8) is 0 Å². The largest absolute Gasteiger partial charge is 0.481 e. The summed E-state index contributed by atoms with van der Waals surface area (Å²) in [6, 6.07) is 7.93. The highest BCUT2D eigenvalue weighted by Crippen LogP contribution is 2.44. The molecule has 2 aromatic rings. The van der Waals surface area contributed by atoms with Crippen molar-refractivity contribution in [1.29, 1.82) is 5.26 Å². The normalized spacial score (nSPS) is 18.1. The highest BCUT2D eigenvalue weighted by atomic mass is 16.5. The van der Waals surface area contributed by atoms with E-state index in [-0.39, 0.29) is 11.9 Å². The van der Waals surface area contributed by atoms with E-state index in [0.29, 0.717) is 55.8 Å². The van der Waals surface area contributed by atoms with Gasteiger partial charge in [0.15, 0.2) is 0 Å². The molecule has 1 saturated carbocycles. The summed E-state index contributed by atoms with van der Waals surface area (Å²) >= 11 is 0. The average Bonchev–Trinajstić information content (AvgIpc) is 3.67. The Morgan fingerprint density at radius 3 is 2.79 bits per heavy atom. The maximum Gasteiger partial charge on any atom is 0.225 e. The molecule has 9 heteroatoms. The number of amides is 1. The maximum absolute atomic E-state index is 12.5. The number of hydrogen-bond donors (Lipinski definition) is 1. The molecule has 4 rings (SSSR count). The van der Waals surface area contributed by atoms with Gasteiger partial charge in [0.1, 0.15) is 11.9 Å². The first-order chi connectivity index (χ1) is 16.0. The van der Waals surface area contributed by atoms with E-state index in [2.05, 4.69) is 21.3 Å². The summed E-state index contributed by atoms with van der Waals surface area (Å²) in [5, 5.41) is 13.3. The van der Waals surface area contributed by atoms with Crippen LogP contribution in [0.25, 0.3) is 0 Å². The summed E-state index contributed by atoms with van der Waals surface area (Å²) in [4.78, 5) is 25.7. The molecule has 2 aliphatic rings. The SMILES string of the molecule is COCCC(=O)N1CCN(c2nc(C3CC3)c(Nc3ccnc(OC)c3)cc2C#N)C[C@H]1C. The van der Waals surface area contributed by atoms with Gasteiger partial charge in [0.25, 0.3) is 0 Å². The van der Waals surface area contributed by atoms with Crippen molar-refractivity contribution in [1.82, 2.24) is 14.9 Å². The third-order valence-electron chi connectivity index (χ3n) is 6.11. The molecule has 1 saturated heterocycles. The van der Waals surface area contributed by atoms with Gasteiger partial charge in [0, 0.05) is 56.7 Å². The molecule has 2 aromatic heterocycles. The van der Waals surface area contributed by atoms with Crippen molar-refractivity contribution in [3.8, 4) is 11.9 Å². The van der Waals surface area contributed by atoms with Crippen LogP contribution in [0.2, 0.25) is 0 Å². The summed E-state index contributed by atoms with van der Waals surface area (Å²) in [7, 11) is 3.18.